The zero-order chi connectivity index (χ0) is 23.7. The van der Waals surface area contributed by atoms with Crippen LogP contribution in [0.2, 0.25) is 0 Å². The van der Waals surface area contributed by atoms with Crippen molar-refractivity contribution in [2.24, 2.45) is 0 Å². The molecule has 2 aromatic carbocycles. The molecule has 2 heterocycles. The first-order valence-electron chi connectivity index (χ1n) is 11.3. The van der Waals surface area contributed by atoms with Crippen LogP contribution in [0, 0.1) is 6.92 Å². The first kappa shape index (κ1) is 22.5. The van der Waals surface area contributed by atoms with Crippen LogP contribution in [0.1, 0.15) is 50.5 Å². The fourth-order valence-electron chi connectivity index (χ4n) is 4.38. The highest BCUT2D eigenvalue weighted by Gasteiger charge is 2.38. The zero-order valence-corrected chi connectivity index (χ0v) is 19.2. The maximum Gasteiger partial charge on any atom is 0.320 e. The number of imide groups is 1. The molecule has 4 rings (SSSR count). The lowest BCUT2D eigenvalue weighted by molar-refractivity contribution is 0.0641. The standard InChI is InChI=1S/C25H28N4O4/c1-4-26(5-2)25(33)28-14-12-27(13-15-28)22(30)18-10-11-19-20(16-18)24(32)29(23(19)31)21-9-7-6-8-17(21)3/h6-11,16H,4-5,12-15H2,1-3H3. The van der Waals surface area contributed by atoms with Gasteiger partial charge in [0.15, 0.2) is 0 Å². The summed E-state index contributed by atoms with van der Waals surface area (Å²) in [6.45, 7) is 8.80. The monoisotopic (exact) mass is 448 g/mol. The van der Waals surface area contributed by atoms with Crippen molar-refractivity contribution in [2.75, 3.05) is 44.2 Å². The number of fused-ring (bicyclic) bond motifs is 1. The highest BCUT2D eigenvalue weighted by molar-refractivity contribution is 6.35. The normalized spacial score (nSPS) is 15.7. The number of nitrogens with zero attached hydrogens (tertiary/aromatic N) is 4. The highest BCUT2D eigenvalue weighted by atomic mass is 16.2. The van der Waals surface area contributed by atoms with E-state index in [4.69, 9.17) is 0 Å². The topological polar surface area (TPSA) is 81.2 Å². The lowest BCUT2D eigenvalue weighted by atomic mass is 10.0. The number of rotatable bonds is 4. The number of urea groups is 1. The van der Waals surface area contributed by atoms with Gasteiger partial charge in [-0.3, -0.25) is 14.4 Å². The molecule has 0 aliphatic carbocycles. The summed E-state index contributed by atoms with van der Waals surface area (Å²) in [5.41, 5.74) is 2.27. The number of aryl methyl sites for hydroxylation is 1. The molecule has 0 bridgehead atoms. The third-order valence-electron chi connectivity index (χ3n) is 6.36. The predicted octanol–water partition coefficient (Wildman–Crippen LogP) is 3.02. The van der Waals surface area contributed by atoms with Crippen molar-refractivity contribution in [3.63, 3.8) is 0 Å². The molecule has 0 spiro atoms. The van der Waals surface area contributed by atoms with Crippen LogP contribution in [0.4, 0.5) is 10.5 Å². The second kappa shape index (κ2) is 9.05. The Balaban J connectivity index is 1.49. The molecule has 0 radical (unpaired) electrons. The molecule has 8 heteroatoms. The molecular formula is C25H28N4O4. The Morgan fingerprint density at radius 3 is 2.09 bits per heavy atom. The van der Waals surface area contributed by atoms with Gasteiger partial charge in [0.2, 0.25) is 0 Å². The number of para-hydroxylation sites is 1. The molecule has 8 nitrogen and oxygen atoms in total. The number of amides is 5. The molecule has 0 unspecified atom stereocenters. The second-order valence-corrected chi connectivity index (χ2v) is 8.23. The second-order valence-electron chi connectivity index (χ2n) is 8.23. The molecule has 2 aliphatic heterocycles. The third-order valence-corrected chi connectivity index (χ3v) is 6.36. The quantitative estimate of drug-likeness (QED) is 0.674. The lowest BCUT2D eigenvalue weighted by Crippen LogP contribution is -2.54. The Morgan fingerprint density at radius 2 is 1.45 bits per heavy atom. The summed E-state index contributed by atoms with van der Waals surface area (Å²) in [6.07, 6.45) is 0. The molecule has 2 aromatic rings. The van der Waals surface area contributed by atoms with E-state index in [2.05, 4.69) is 0 Å². The van der Waals surface area contributed by atoms with Crippen molar-refractivity contribution in [1.82, 2.24) is 14.7 Å². The van der Waals surface area contributed by atoms with Crippen LogP contribution in [-0.4, -0.2) is 77.7 Å². The minimum absolute atomic E-state index is 0.00923. The minimum atomic E-state index is -0.423. The SMILES string of the molecule is CCN(CC)C(=O)N1CCN(C(=O)c2ccc3c(c2)C(=O)N(c2ccccc2C)C3=O)CC1. The van der Waals surface area contributed by atoms with Gasteiger partial charge in [-0.25, -0.2) is 9.69 Å². The number of anilines is 1. The van der Waals surface area contributed by atoms with Crippen molar-refractivity contribution in [2.45, 2.75) is 20.8 Å². The van der Waals surface area contributed by atoms with Gasteiger partial charge in [0.25, 0.3) is 17.7 Å². The average molecular weight is 449 g/mol. The number of hydrogen-bond donors (Lipinski definition) is 0. The number of hydrogen-bond acceptors (Lipinski definition) is 4. The molecule has 172 valence electrons. The van der Waals surface area contributed by atoms with E-state index in [-0.39, 0.29) is 23.4 Å². The van der Waals surface area contributed by atoms with Gasteiger partial charge in [-0.15, -0.1) is 0 Å². The molecule has 33 heavy (non-hydrogen) atoms. The largest absolute Gasteiger partial charge is 0.335 e. The van der Waals surface area contributed by atoms with E-state index < -0.39 is 5.91 Å². The predicted molar refractivity (Wildman–Crippen MR) is 125 cm³/mol. The highest BCUT2D eigenvalue weighted by Crippen LogP contribution is 2.31. The van der Waals surface area contributed by atoms with E-state index in [1.165, 1.54) is 11.0 Å². The van der Waals surface area contributed by atoms with Gasteiger partial charge in [0.1, 0.15) is 0 Å². The van der Waals surface area contributed by atoms with Crippen LogP contribution in [0.5, 0.6) is 0 Å². The number of carbonyl (C=O) groups is 4. The van der Waals surface area contributed by atoms with E-state index in [0.29, 0.717) is 56.1 Å². The van der Waals surface area contributed by atoms with Gasteiger partial charge < -0.3 is 14.7 Å². The Hall–Kier alpha value is -3.68. The van der Waals surface area contributed by atoms with Crippen molar-refractivity contribution in [1.29, 1.82) is 0 Å². The summed E-state index contributed by atoms with van der Waals surface area (Å²) in [5.74, 6) is -1.01. The van der Waals surface area contributed by atoms with Gasteiger partial charge in [0, 0.05) is 44.8 Å². The Kier molecular flexibility index (Phi) is 6.18. The molecule has 0 atom stereocenters. The lowest BCUT2D eigenvalue weighted by Gasteiger charge is -2.37. The van der Waals surface area contributed by atoms with Crippen molar-refractivity contribution >= 4 is 29.4 Å². The smallest absolute Gasteiger partial charge is 0.320 e. The average Bonchev–Trinajstić information content (AvgIpc) is 3.09. The van der Waals surface area contributed by atoms with Crippen LogP contribution in [0.15, 0.2) is 42.5 Å². The molecular weight excluding hydrogens is 420 g/mol. The van der Waals surface area contributed by atoms with Gasteiger partial charge >= 0.3 is 6.03 Å². The van der Waals surface area contributed by atoms with E-state index in [9.17, 15) is 19.2 Å². The fraction of sp³-hybridized carbons (Fsp3) is 0.360. The van der Waals surface area contributed by atoms with E-state index in [1.807, 2.05) is 32.9 Å². The molecule has 0 N–H and O–H groups in total. The molecule has 1 fully saturated rings. The molecule has 0 saturated carbocycles. The van der Waals surface area contributed by atoms with E-state index in [0.717, 1.165) is 5.56 Å². The van der Waals surface area contributed by atoms with Crippen LogP contribution in [0.25, 0.3) is 0 Å². The zero-order valence-electron chi connectivity index (χ0n) is 19.2. The summed E-state index contributed by atoms with van der Waals surface area (Å²) in [7, 11) is 0. The van der Waals surface area contributed by atoms with Crippen LogP contribution in [0.3, 0.4) is 0 Å². The first-order chi connectivity index (χ1) is 15.9. The van der Waals surface area contributed by atoms with Gasteiger partial charge in [-0.1, -0.05) is 18.2 Å². The Labute approximate surface area is 193 Å². The van der Waals surface area contributed by atoms with Crippen LogP contribution >= 0.6 is 0 Å². The number of carbonyl (C=O) groups excluding carboxylic acids is 4. The first-order valence-corrected chi connectivity index (χ1v) is 11.3. The number of benzene rings is 2. The van der Waals surface area contributed by atoms with Gasteiger partial charge in [-0.2, -0.15) is 0 Å². The van der Waals surface area contributed by atoms with Crippen LogP contribution < -0.4 is 4.90 Å². The fourth-order valence-corrected chi connectivity index (χ4v) is 4.38. The summed E-state index contributed by atoms with van der Waals surface area (Å²) >= 11 is 0. The Bertz CT molecular complexity index is 1120. The van der Waals surface area contributed by atoms with Crippen molar-refractivity contribution in [3.8, 4) is 0 Å². The summed E-state index contributed by atoms with van der Waals surface area (Å²) in [6, 6.07) is 11.9. The minimum Gasteiger partial charge on any atom is -0.335 e. The van der Waals surface area contributed by atoms with Gasteiger partial charge in [0.05, 0.1) is 16.8 Å². The van der Waals surface area contributed by atoms with Gasteiger partial charge in [-0.05, 0) is 50.6 Å². The van der Waals surface area contributed by atoms with Crippen molar-refractivity contribution < 1.29 is 19.2 Å². The molecule has 2 aliphatic rings. The summed E-state index contributed by atoms with van der Waals surface area (Å²) < 4.78 is 0. The molecule has 1 saturated heterocycles. The Morgan fingerprint density at radius 1 is 0.848 bits per heavy atom. The van der Waals surface area contributed by atoms with E-state index in [1.54, 1.807) is 39.0 Å². The molecule has 5 amide bonds. The van der Waals surface area contributed by atoms with Crippen molar-refractivity contribution in [3.05, 3.63) is 64.7 Å². The summed E-state index contributed by atoms with van der Waals surface area (Å²) in [4.78, 5) is 58.1. The summed E-state index contributed by atoms with van der Waals surface area (Å²) in [5, 5.41) is 0. The third kappa shape index (κ3) is 3.97. The molecule has 0 aromatic heterocycles. The van der Waals surface area contributed by atoms with E-state index >= 15 is 0 Å². The maximum atomic E-state index is 13.1. The maximum absolute atomic E-state index is 13.1. The van der Waals surface area contributed by atoms with Crippen LogP contribution in [-0.2, 0) is 0 Å². The number of piperazine rings is 1.